The predicted molar refractivity (Wildman–Crippen MR) is 93.6 cm³/mol. The molecule has 3 amide bonds. The van der Waals surface area contributed by atoms with Gasteiger partial charge in [-0.1, -0.05) is 12.1 Å². The quantitative estimate of drug-likeness (QED) is 0.710. The van der Waals surface area contributed by atoms with Crippen LogP contribution in [-0.4, -0.2) is 48.9 Å². The van der Waals surface area contributed by atoms with Crippen molar-refractivity contribution in [1.29, 1.82) is 0 Å². The number of carbonyl (C=O) groups is 3. The number of likely N-dealkylation sites (tertiary alicyclic amines) is 1. The number of rotatable bonds is 7. The van der Waals surface area contributed by atoms with Gasteiger partial charge in [0.15, 0.2) is 0 Å². The van der Waals surface area contributed by atoms with E-state index in [-0.39, 0.29) is 24.8 Å². The van der Waals surface area contributed by atoms with E-state index in [4.69, 9.17) is 10.5 Å². The van der Waals surface area contributed by atoms with Crippen LogP contribution in [0.2, 0.25) is 0 Å². The first kappa shape index (κ1) is 18.5. The van der Waals surface area contributed by atoms with Gasteiger partial charge in [0.1, 0.15) is 11.8 Å². The van der Waals surface area contributed by atoms with Gasteiger partial charge in [0.05, 0.1) is 7.11 Å². The van der Waals surface area contributed by atoms with Crippen molar-refractivity contribution in [3.63, 3.8) is 0 Å². The Morgan fingerprint density at radius 3 is 2.92 bits per heavy atom. The summed E-state index contributed by atoms with van der Waals surface area (Å²) >= 11 is 0. The first-order chi connectivity index (χ1) is 12.0. The molecular formula is C18H23N3O4. The largest absolute Gasteiger partial charge is 0.497 e. The second-order valence-corrected chi connectivity index (χ2v) is 5.80. The highest BCUT2D eigenvalue weighted by Gasteiger charge is 2.32. The highest BCUT2D eigenvalue weighted by atomic mass is 16.5. The zero-order valence-corrected chi connectivity index (χ0v) is 14.2. The number of nitrogens with one attached hydrogen (secondary N) is 1. The van der Waals surface area contributed by atoms with Crippen molar-refractivity contribution in [3.05, 3.63) is 35.9 Å². The van der Waals surface area contributed by atoms with Crippen LogP contribution in [0.15, 0.2) is 30.3 Å². The molecule has 3 N–H and O–H groups in total. The van der Waals surface area contributed by atoms with Crippen LogP contribution in [-0.2, 0) is 14.4 Å². The Labute approximate surface area is 146 Å². The van der Waals surface area contributed by atoms with Crippen LogP contribution in [0.4, 0.5) is 0 Å². The fourth-order valence-corrected chi connectivity index (χ4v) is 2.77. The summed E-state index contributed by atoms with van der Waals surface area (Å²) < 4.78 is 5.12. The summed E-state index contributed by atoms with van der Waals surface area (Å²) in [5, 5.41) is 2.66. The van der Waals surface area contributed by atoms with Crippen molar-refractivity contribution < 1.29 is 19.1 Å². The van der Waals surface area contributed by atoms with Crippen LogP contribution in [0.25, 0.3) is 6.08 Å². The zero-order valence-electron chi connectivity index (χ0n) is 14.2. The van der Waals surface area contributed by atoms with E-state index < -0.39 is 11.9 Å². The molecule has 1 aromatic carbocycles. The Morgan fingerprint density at radius 2 is 2.20 bits per heavy atom. The number of hydrogen-bond donors (Lipinski definition) is 2. The number of methoxy groups -OCH3 is 1. The van der Waals surface area contributed by atoms with Gasteiger partial charge in [-0.2, -0.15) is 0 Å². The molecule has 0 saturated carbocycles. The van der Waals surface area contributed by atoms with Crippen molar-refractivity contribution >= 4 is 23.8 Å². The molecule has 2 rings (SSSR count). The van der Waals surface area contributed by atoms with Crippen molar-refractivity contribution in [2.45, 2.75) is 25.3 Å². The summed E-state index contributed by atoms with van der Waals surface area (Å²) in [5.74, 6) is -0.222. The molecule has 1 saturated heterocycles. The normalized spacial score (nSPS) is 16.8. The molecule has 1 aliphatic heterocycles. The van der Waals surface area contributed by atoms with E-state index in [1.807, 2.05) is 24.3 Å². The molecule has 7 nitrogen and oxygen atoms in total. The van der Waals surface area contributed by atoms with Gasteiger partial charge >= 0.3 is 0 Å². The van der Waals surface area contributed by atoms with Crippen LogP contribution >= 0.6 is 0 Å². The summed E-state index contributed by atoms with van der Waals surface area (Å²) in [7, 11) is 1.58. The van der Waals surface area contributed by atoms with Gasteiger partial charge in [-0.05, 0) is 36.6 Å². The minimum atomic E-state index is -0.517. The number of primary amides is 1. The summed E-state index contributed by atoms with van der Waals surface area (Å²) in [5.41, 5.74) is 6.14. The molecule has 1 fully saturated rings. The molecule has 0 aromatic heterocycles. The second-order valence-electron chi connectivity index (χ2n) is 5.80. The van der Waals surface area contributed by atoms with E-state index in [1.54, 1.807) is 13.2 Å². The van der Waals surface area contributed by atoms with E-state index >= 15 is 0 Å². The third-order valence-corrected chi connectivity index (χ3v) is 4.06. The lowest BCUT2D eigenvalue weighted by Gasteiger charge is -2.22. The number of hydrogen-bond acceptors (Lipinski definition) is 4. The third kappa shape index (κ3) is 5.34. The number of benzene rings is 1. The van der Waals surface area contributed by atoms with Gasteiger partial charge in [-0.3, -0.25) is 14.4 Å². The molecule has 0 bridgehead atoms. The predicted octanol–water partition coefficient (Wildman–Crippen LogP) is 0.691. The topological polar surface area (TPSA) is 102 Å². The molecule has 1 unspecified atom stereocenters. The summed E-state index contributed by atoms with van der Waals surface area (Å²) in [6.45, 7) is 0.748. The SMILES string of the molecule is COc1cccc(/C=C/C(=O)NCCC(=O)N2CCCC2C(N)=O)c1. The molecule has 134 valence electrons. The fourth-order valence-electron chi connectivity index (χ4n) is 2.77. The van der Waals surface area contributed by atoms with E-state index in [1.165, 1.54) is 11.0 Å². The van der Waals surface area contributed by atoms with Gasteiger partial charge in [0.25, 0.3) is 0 Å². The highest BCUT2D eigenvalue weighted by molar-refractivity contribution is 5.92. The molecular weight excluding hydrogens is 322 g/mol. The second kappa shape index (κ2) is 8.86. The maximum absolute atomic E-state index is 12.1. The van der Waals surface area contributed by atoms with Gasteiger partial charge in [-0.15, -0.1) is 0 Å². The Bertz CT molecular complexity index is 672. The molecule has 0 aliphatic carbocycles. The van der Waals surface area contributed by atoms with Gasteiger partial charge in [0.2, 0.25) is 17.7 Å². The monoisotopic (exact) mass is 345 g/mol. The van der Waals surface area contributed by atoms with Crippen LogP contribution < -0.4 is 15.8 Å². The number of carbonyl (C=O) groups excluding carboxylic acids is 3. The fraction of sp³-hybridized carbons (Fsp3) is 0.389. The average Bonchev–Trinajstić information content (AvgIpc) is 3.10. The molecule has 1 aromatic rings. The van der Waals surface area contributed by atoms with Crippen LogP contribution in [0, 0.1) is 0 Å². The molecule has 1 atom stereocenters. The molecule has 0 spiro atoms. The smallest absolute Gasteiger partial charge is 0.244 e. The summed E-state index contributed by atoms with van der Waals surface area (Å²) in [6, 6.07) is 6.80. The van der Waals surface area contributed by atoms with E-state index in [9.17, 15) is 14.4 Å². The van der Waals surface area contributed by atoms with E-state index in [2.05, 4.69) is 5.32 Å². The Balaban J connectivity index is 1.77. The van der Waals surface area contributed by atoms with Crippen LogP contribution in [0.1, 0.15) is 24.8 Å². The summed E-state index contributed by atoms with van der Waals surface area (Å²) in [6.07, 6.45) is 4.60. The minimum Gasteiger partial charge on any atom is -0.497 e. The lowest BCUT2D eigenvalue weighted by atomic mass is 10.2. The highest BCUT2D eigenvalue weighted by Crippen LogP contribution is 2.17. The lowest BCUT2D eigenvalue weighted by Crippen LogP contribution is -2.44. The van der Waals surface area contributed by atoms with Crippen molar-refractivity contribution in [3.8, 4) is 5.75 Å². The number of nitrogens with zero attached hydrogens (tertiary/aromatic N) is 1. The Morgan fingerprint density at radius 1 is 1.40 bits per heavy atom. The van der Waals surface area contributed by atoms with Crippen LogP contribution in [0.5, 0.6) is 5.75 Å². The van der Waals surface area contributed by atoms with Crippen LogP contribution in [0.3, 0.4) is 0 Å². The number of nitrogens with two attached hydrogens (primary N) is 1. The molecule has 25 heavy (non-hydrogen) atoms. The third-order valence-electron chi connectivity index (χ3n) is 4.06. The van der Waals surface area contributed by atoms with Gasteiger partial charge in [0, 0.05) is 25.6 Å². The first-order valence-corrected chi connectivity index (χ1v) is 8.20. The van der Waals surface area contributed by atoms with E-state index in [0.717, 1.165) is 12.0 Å². The Kier molecular flexibility index (Phi) is 6.56. The Hall–Kier alpha value is -2.83. The molecule has 1 aliphatic rings. The minimum absolute atomic E-state index is 0.141. The standard InChI is InChI=1S/C18H23N3O4/c1-25-14-5-2-4-13(12-14)7-8-16(22)20-10-9-17(23)21-11-3-6-15(21)18(19)24/h2,4-5,7-8,12,15H,3,6,9-11H2,1H3,(H2,19,24)(H,20,22)/b8-7+. The summed E-state index contributed by atoms with van der Waals surface area (Å²) in [4.78, 5) is 36.7. The maximum Gasteiger partial charge on any atom is 0.244 e. The van der Waals surface area contributed by atoms with Crippen molar-refractivity contribution in [2.75, 3.05) is 20.2 Å². The number of ether oxygens (including phenoxy) is 1. The first-order valence-electron chi connectivity index (χ1n) is 8.20. The van der Waals surface area contributed by atoms with Crippen molar-refractivity contribution in [2.24, 2.45) is 5.73 Å². The van der Waals surface area contributed by atoms with Gasteiger partial charge < -0.3 is 20.7 Å². The zero-order chi connectivity index (χ0) is 18.2. The molecule has 0 radical (unpaired) electrons. The van der Waals surface area contributed by atoms with E-state index in [0.29, 0.717) is 18.7 Å². The lowest BCUT2D eigenvalue weighted by molar-refractivity contribution is -0.137. The average molecular weight is 345 g/mol. The molecule has 1 heterocycles. The molecule has 7 heteroatoms. The number of amides is 3. The maximum atomic E-state index is 12.1. The van der Waals surface area contributed by atoms with Gasteiger partial charge in [-0.25, -0.2) is 0 Å². The van der Waals surface area contributed by atoms with Crippen molar-refractivity contribution in [1.82, 2.24) is 10.2 Å².